The molecule has 1 fully saturated rings. The van der Waals surface area contributed by atoms with E-state index in [2.05, 4.69) is 5.32 Å². The molecule has 0 heterocycles. The van der Waals surface area contributed by atoms with Gasteiger partial charge in [-0.1, -0.05) is 30.9 Å². The van der Waals surface area contributed by atoms with Gasteiger partial charge in [0.25, 0.3) is 0 Å². The highest BCUT2D eigenvalue weighted by atomic mass is 35.5. The van der Waals surface area contributed by atoms with Crippen LogP contribution in [-0.2, 0) is 6.54 Å². The average Bonchev–Trinajstić information content (AvgIpc) is 2.46. The SMILES string of the molecule is COc1ccc(Cl)cc1CNC1(CCl)CCCCC1. The molecule has 1 aliphatic rings. The summed E-state index contributed by atoms with van der Waals surface area (Å²) >= 11 is 12.2. The summed E-state index contributed by atoms with van der Waals surface area (Å²) in [7, 11) is 1.69. The lowest BCUT2D eigenvalue weighted by Crippen LogP contribution is -2.48. The van der Waals surface area contributed by atoms with Gasteiger partial charge in [-0.25, -0.2) is 0 Å². The lowest BCUT2D eigenvalue weighted by Gasteiger charge is -2.37. The van der Waals surface area contributed by atoms with Crippen molar-refractivity contribution >= 4 is 23.2 Å². The molecule has 1 aromatic carbocycles. The van der Waals surface area contributed by atoms with Crippen LogP contribution in [0.5, 0.6) is 5.75 Å². The van der Waals surface area contributed by atoms with Gasteiger partial charge in [0.2, 0.25) is 0 Å². The molecule has 106 valence electrons. The van der Waals surface area contributed by atoms with Crippen LogP contribution in [0.15, 0.2) is 18.2 Å². The van der Waals surface area contributed by atoms with Crippen molar-refractivity contribution in [3.63, 3.8) is 0 Å². The van der Waals surface area contributed by atoms with Crippen LogP contribution in [0, 0.1) is 0 Å². The normalized spacial score (nSPS) is 18.3. The largest absolute Gasteiger partial charge is 0.496 e. The molecule has 1 N–H and O–H groups in total. The van der Waals surface area contributed by atoms with E-state index in [-0.39, 0.29) is 5.54 Å². The Labute approximate surface area is 125 Å². The Morgan fingerprint density at radius 2 is 2.00 bits per heavy atom. The van der Waals surface area contributed by atoms with Gasteiger partial charge in [-0.05, 0) is 31.0 Å². The maximum atomic E-state index is 6.19. The average molecular weight is 302 g/mol. The Bertz CT molecular complexity index is 417. The molecule has 0 atom stereocenters. The van der Waals surface area contributed by atoms with E-state index in [1.54, 1.807) is 7.11 Å². The van der Waals surface area contributed by atoms with Crippen molar-refractivity contribution in [2.24, 2.45) is 0 Å². The molecule has 0 amide bonds. The monoisotopic (exact) mass is 301 g/mol. The standard InChI is InChI=1S/C15H21Cl2NO/c1-19-14-6-5-13(17)9-12(14)10-18-15(11-16)7-3-2-4-8-15/h5-6,9,18H,2-4,7-8,10-11H2,1H3. The second-order valence-electron chi connectivity index (χ2n) is 5.28. The number of ether oxygens (including phenoxy) is 1. The fraction of sp³-hybridized carbons (Fsp3) is 0.600. The molecular formula is C15H21Cl2NO. The highest BCUT2D eigenvalue weighted by molar-refractivity contribution is 6.30. The van der Waals surface area contributed by atoms with E-state index < -0.39 is 0 Å². The van der Waals surface area contributed by atoms with Crippen LogP contribution in [0.25, 0.3) is 0 Å². The first-order valence-electron chi connectivity index (χ1n) is 6.82. The topological polar surface area (TPSA) is 21.3 Å². The van der Waals surface area contributed by atoms with Gasteiger partial charge in [-0.2, -0.15) is 0 Å². The molecule has 19 heavy (non-hydrogen) atoms. The summed E-state index contributed by atoms with van der Waals surface area (Å²) in [6, 6.07) is 5.72. The number of halogens is 2. The summed E-state index contributed by atoms with van der Waals surface area (Å²) in [5.74, 6) is 1.54. The van der Waals surface area contributed by atoms with Crippen molar-refractivity contribution in [3.8, 4) is 5.75 Å². The lowest BCUT2D eigenvalue weighted by atomic mass is 9.83. The van der Waals surface area contributed by atoms with E-state index >= 15 is 0 Å². The van der Waals surface area contributed by atoms with Crippen molar-refractivity contribution in [2.75, 3.05) is 13.0 Å². The highest BCUT2D eigenvalue weighted by Gasteiger charge is 2.30. The minimum Gasteiger partial charge on any atom is -0.496 e. The Kier molecular flexibility index (Phi) is 5.37. The van der Waals surface area contributed by atoms with Crippen LogP contribution in [0.4, 0.5) is 0 Å². The summed E-state index contributed by atoms with van der Waals surface area (Å²) in [5.41, 5.74) is 1.16. The van der Waals surface area contributed by atoms with Crippen molar-refractivity contribution in [2.45, 2.75) is 44.2 Å². The fourth-order valence-electron chi connectivity index (χ4n) is 2.75. The first-order chi connectivity index (χ1) is 9.19. The second kappa shape index (κ2) is 6.83. The molecule has 1 saturated carbocycles. The molecule has 0 radical (unpaired) electrons. The Hall–Kier alpha value is -0.440. The fourth-order valence-corrected chi connectivity index (χ4v) is 3.31. The van der Waals surface area contributed by atoms with E-state index in [1.807, 2.05) is 18.2 Å². The molecule has 2 rings (SSSR count). The van der Waals surface area contributed by atoms with Gasteiger partial charge in [0.15, 0.2) is 0 Å². The third kappa shape index (κ3) is 3.77. The summed E-state index contributed by atoms with van der Waals surface area (Å²) in [5, 5.41) is 4.37. The third-order valence-electron chi connectivity index (χ3n) is 3.96. The predicted molar refractivity (Wildman–Crippen MR) is 81.4 cm³/mol. The Balaban J connectivity index is 2.06. The highest BCUT2D eigenvalue weighted by Crippen LogP contribution is 2.30. The molecule has 1 aromatic rings. The Morgan fingerprint density at radius 3 is 2.63 bits per heavy atom. The van der Waals surface area contributed by atoms with Gasteiger partial charge in [-0.15, -0.1) is 11.6 Å². The number of benzene rings is 1. The Morgan fingerprint density at radius 1 is 1.26 bits per heavy atom. The minimum absolute atomic E-state index is 0.0765. The number of hydrogen-bond donors (Lipinski definition) is 1. The van der Waals surface area contributed by atoms with Crippen LogP contribution in [0.2, 0.25) is 5.02 Å². The zero-order valence-corrected chi connectivity index (χ0v) is 12.9. The van der Waals surface area contributed by atoms with Crippen LogP contribution >= 0.6 is 23.2 Å². The molecule has 0 saturated heterocycles. The van der Waals surface area contributed by atoms with E-state index in [0.717, 1.165) is 35.7 Å². The number of nitrogens with one attached hydrogen (secondary N) is 1. The number of methoxy groups -OCH3 is 1. The third-order valence-corrected chi connectivity index (χ3v) is 4.71. The lowest BCUT2D eigenvalue weighted by molar-refractivity contribution is 0.255. The van der Waals surface area contributed by atoms with Gasteiger partial charge < -0.3 is 10.1 Å². The molecular weight excluding hydrogens is 281 g/mol. The van der Waals surface area contributed by atoms with Crippen LogP contribution in [0.1, 0.15) is 37.7 Å². The molecule has 4 heteroatoms. The van der Waals surface area contributed by atoms with Crippen LogP contribution in [-0.4, -0.2) is 18.5 Å². The quantitative estimate of drug-likeness (QED) is 0.815. The minimum atomic E-state index is 0.0765. The molecule has 0 aliphatic heterocycles. The van der Waals surface area contributed by atoms with E-state index in [1.165, 1.54) is 19.3 Å². The number of rotatable bonds is 5. The van der Waals surface area contributed by atoms with E-state index in [9.17, 15) is 0 Å². The zero-order chi connectivity index (χ0) is 13.7. The molecule has 0 spiro atoms. The zero-order valence-electron chi connectivity index (χ0n) is 11.3. The van der Waals surface area contributed by atoms with Crippen LogP contribution < -0.4 is 10.1 Å². The first kappa shape index (κ1) is 15.0. The van der Waals surface area contributed by atoms with Crippen LogP contribution in [0.3, 0.4) is 0 Å². The van der Waals surface area contributed by atoms with Gasteiger partial charge in [0.05, 0.1) is 7.11 Å². The first-order valence-corrected chi connectivity index (χ1v) is 7.74. The van der Waals surface area contributed by atoms with Crippen molar-refractivity contribution < 1.29 is 4.74 Å². The number of alkyl halides is 1. The van der Waals surface area contributed by atoms with Crippen molar-refractivity contribution in [1.82, 2.24) is 5.32 Å². The summed E-state index contributed by atoms with van der Waals surface area (Å²) in [6.07, 6.45) is 6.14. The van der Waals surface area contributed by atoms with Gasteiger partial charge in [0.1, 0.15) is 5.75 Å². The van der Waals surface area contributed by atoms with E-state index in [4.69, 9.17) is 27.9 Å². The number of hydrogen-bond acceptors (Lipinski definition) is 2. The summed E-state index contributed by atoms with van der Waals surface area (Å²) in [6.45, 7) is 0.746. The maximum absolute atomic E-state index is 6.19. The smallest absolute Gasteiger partial charge is 0.123 e. The van der Waals surface area contributed by atoms with Crippen molar-refractivity contribution in [3.05, 3.63) is 28.8 Å². The molecule has 1 aliphatic carbocycles. The summed E-state index contributed by atoms with van der Waals surface area (Å²) in [4.78, 5) is 0. The second-order valence-corrected chi connectivity index (χ2v) is 5.99. The molecule has 2 nitrogen and oxygen atoms in total. The van der Waals surface area contributed by atoms with Crippen molar-refractivity contribution in [1.29, 1.82) is 0 Å². The van der Waals surface area contributed by atoms with Gasteiger partial charge in [-0.3, -0.25) is 0 Å². The van der Waals surface area contributed by atoms with E-state index in [0.29, 0.717) is 5.88 Å². The molecule has 0 unspecified atom stereocenters. The predicted octanol–water partition coefficient (Wildman–Crippen LogP) is 4.38. The molecule has 0 bridgehead atoms. The molecule has 0 aromatic heterocycles. The van der Waals surface area contributed by atoms with Gasteiger partial charge in [0, 0.05) is 28.5 Å². The van der Waals surface area contributed by atoms with Gasteiger partial charge >= 0.3 is 0 Å². The maximum Gasteiger partial charge on any atom is 0.123 e. The summed E-state index contributed by atoms with van der Waals surface area (Å²) < 4.78 is 5.38.